The summed E-state index contributed by atoms with van der Waals surface area (Å²) in [5.41, 5.74) is 2.07. The average Bonchev–Trinajstić information content (AvgIpc) is 3.22. The zero-order chi connectivity index (χ0) is 23.7. The van der Waals surface area contributed by atoms with E-state index in [0.717, 1.165) is 11.1 Å². The van der Waals surface area contributed by atoms with Crippen molar-refractivity contribution in [2.75, 3.05) is 4.72 Å². The Balaban J connectivity index is 1.70. The van der Waals surface area contributed by atoms with E-state index in [1.807, 2.05) is 60.7 Å². The van der Waals surface area contributed by atoms with Gasteiger partial charge in [-0.3, -0.25) is 0 Å². The second kappa shape index (κ2) is 8.71. The fraction of sp³-hybridized carbons (Fsp3) is 0. The first-order valence-corrected chi connectivity index (χ1v) is 12.2. The van der Waals surface area contributed by atoms with Crippen LogP contribution in [-0.4, -0.2) is 8.42 Å². The monoisotopic (exact) mass is 484 g/mol. The van der Waals surface area contributed by atoms with Crippen LogP contribution in [0.1, 0.15) is 5.56 Å². The van der Waals surface area contributed by atoms with Crippen LogP contribution in [0.5, 0.6) is 0 Å². The summed E-state index contributed by atoms with van der Waals surface area (Å²) in [5.74, 6) is 0.251. The minimum atomic E-state index is -4.14. The van der Waals surface area contributed by atoms with E-state index >= 15 is 0 Å². The fourth-order valence-corrected chi connectivity index (χ4v) is 5.54. The van der Waals surface area contributed by atoms with Crippen molar-refractivity contribution in [3.8, 4) is 28.5 Å². The molecule has 0 radical (unpaired) electrons. The third-order valence-corrected chi connectivity index (χ3v) is 7.14. The highest BCUT2D eigenvalue weighted by Gasteiger charge is 2.27. The molecule has 0 amide bonds. The van der Waals surface area contributed by atoms with Crippen LogP contribution in [0.2, 0.25) is 5.02 Å². The van der Waals surface area contributed by atoms with Crippen LogP contribution in [0.15, 0.2) is 106 Å². The number of rotatable bonds is 5. The maximum Gasteiger partial charge on any atom is 0.264 e. The number of nitrogens with zero attached hydrogens (tertiary/aromatic N) is 1. The number of fused-ring (bicyclic) bond motifs is 1. The lowest BCUT2D eigenvalue weighted by molar-refractivity contribution is 0.585. The molecule has 0 aliphatic rings. The van der Waals surface area contributed by atoms with E-state index in [-0.39, 0.29) is 16.3 Å². The molecule has 0 aliphatic heterocycles. The first-order valence-electron chi connectivity index (χ1n) is 10.4. The molecular formula is C27H17ClN2O3S. The van der Waals surface area contributed by atoms with Crippen molar-refractivity contribution in [1.82, 2.24) is 0 Å². The predicted octanol–water partition coefficient (Wildman–Crippen LogP) is 7.09. The molecule has 34 heavy (non-hydrogen) atoms. The molecule has 5 aromatic rings. The summed E-state index contributed by atoms with van der Waals surface area (Å²) in [5, 5.41) is 11.4. The van der Waals surface area contributed by atoms with Crippen molar-refractivity contribution in [2.45, 2.75) is 4.90 Å². The van der Waals surface area contributed by atoms with Gasteiger partial charge in [-0.25, -0.2) is 13.1 Å². The smallest absolute Gasteiger partial charge is 0.264 e. The summed E-state index contributed by atoms with van der Waals surface area (Å²) >= 11 is 6.35. The van der Waals surface area contributed by atoms with Crippen LogP contribution < -0.4 is 4.72 Å². The summed E-state index contributed by atoms with van der Waals surface area (Å²) < 4.78 is 35.5. The molecule has 1 N–H and O–H groups in total. The normalized spacial score (nSPS) is 11.3. The molecule has 0 saturated carbocycles. The fourth-order valence-electron chi connectivity index (χ4n) is 3.95. The van der Waals surface area contributed by atoms with E-state index in [1.165, 1.54) is 6.07 Å². The molecule has 7 heteroatoms. The Kier molecular flexibility index (Phi) is 5.58. The molecule has 0 fully saturated rings. The van der Waals surface area contributed by atoms with Crippen LogP contribution in [0, 0.1) is 11.3 Å². The van der Waals surface area contributed by atoms with Gasteiger partial charge in [-0.2, -0.15) is 5.26 Å². The van der Waals surface area contributed by atoms with Crippen LogP contribution in [0.4, 0.5) is 5.88 Å². The number of halogens is 1. The Morgan fingerprint density at radius 3 is 2.06 bits per heavy atom. The maximum atomic E-state index is 13.5. The maximum absolute atomic E-state index is 13.5. The van der Waals surface area contributed by atoms with E-state index in [1.54, 1.807) is 30.3 Å². The van der Waals surface area contributed by atoms with Gasteiger partial charge >= 0.3 is 0 Å². The van der Waals surface area contributed by atoms with Gasteiger partial charge in [0.2, 0.25) is 5.88 Å². The van der Waals surface area contributed by atoms with Crippen molar-refractivity contribution >= 4 is 38.3 Å². The van der Waals surface area contributed by atoms with E-state index in [9.17, 15) is 13.7 Å². The number of nitrogens with one attached hydrogen (secondary N) is 1. The molecule has 0 unspecified atom stereocenters. The van der Waals surface area contributed by atoms with E-state index < -0.39 is 10.0 Å². The molecule has 0 spiro atoms. The summed E-state index contributed by atoms with van der Waals surface area (Å²) in [4.78, 5) is -0.00147. The second-order valence-electron chi connectivity index (χ2n) is 7.55. The van der Waals surface area contributed by atoms with Crippen molar-refractivity contribution in [2.24, 2.45) is 0 Å². The van der Waals surface area contributed by atoms with Crippen molar-refractivity contribution in [1.29, 1.82) is 5.26 Å². The van der Waals surface area contributed by atoms with Crippen molar-refractivity contribution in [3.63, 3.8) is 0 Å². The Morgan fingerprint density at radius 1 is 0.794 bits per heavy atom. The number of hydrogen-bond acceptors (Lipinski definition) is 4. The van der Waals surface area contributed by atoms with Crippen LogP contribution in [0.3, 0.4) is 0 Å². The number of benzene rings is 4. The van der Waals surface area contributed by atoms with Gasteiger partial charge < -0.3 is 4.42 Å². The number of hydrogen-bond donors (Lipinski definition) is 1. The number of furan rings is 1. The minimum absolute atomic E-state index is 0.00147. The summed E-state index contributed by atoms with van der Waals surface area (Å²) in [7, 11) is -4.14. The topological polar surface area (TPSA) is 83.1 Å². The average molecular weight is 485 g/mol. The molecule has 4 aromatic carbocycles. The minimum Gasteiger partial charge on any atom is -0.438 e. The zero-order valence-corrected chi connectivity index (χ0v) is 19.3. The van der Waals surface area contributed by atoms with Gasteiger partial charge in [0.15, 0.2) is 0 Å². The van der Waals surface area contributed by atoms with Gasteiger partial charge in [-0.15, -0.1) is 0 Å². The van der Waals surface area contributed by atoms with Crippen LogP contribution >= 0.6 is 11.6 Å². The Morgan fingerprint density at radius 2 is 1.41 bits per heavy atom. The highest BCUT2D eigenvalue weighted by atomic mass is 35.5. The highest BCUT2D eigenvalue weighted by molar-refractivity contribution is 7.93. The highest BCUT2D eigenvalue weighted by Crippen LogP contribution is 2.42. The standard InChI is InChI=1S/C27H17ClN2O3S/c28-22-15-7-13-19-14-8-16-23(25(19)22)34(31,32)30-27-21(17-29)24(18-9-3-1-4-10-18)26(33-27)20-11-5-2-6-12-20/h1-16,30H. The summed E-state index contributed by atoms with van der Waals surface area (Å²) in [6, 6.07) is 30.7. The Labute approximate surface area is 201 Å². The van der Waals surface area contributed by atoms with Crippen LogP contribution in [-0.2, 0) is 10.0 Å². The zero-order valence-electron chi connectivity index (χ0n) is 17.7. The molecule has 0 atom stereocenters. The number of nitriles is 1. The lowest BCUT2D eigenvalue weighted by atomic mass is 9.98. The molecule has 0 saturated heterocycles. The van der Waals surface area contributed by atoms with Gasteiger partial charge in [-0.05, 0) is 23.1 Å². The van der Waals surface area contributed by atoms with E-state index in [2.05, 4.69) is 10.8 Å². The van der Waals surface area contributed by atoms with Crippen LogP contribution in [0.25, 0.3) is 33.2 Å². The Bertz CT molecular complexity index is 1650. The second-order valence-corrected chi connectivity index (χ2v) is 9.61. The Hall–Kier alpha value is -4.05. The number of sulfonamides is 1. The first kappa shape index (κ1) is 21.8. The molecule has 166 valence electrons. The van der Waals surface area contributed by atoms with Gasteiger partial charge in [-0.1, -0.05) is 96.5 Å². The van der Waals surface area contributed by atoms with E-state index in [0.29, 0.717) is 27.1 Å². The first-order chi connectivity index (χ1) is 16.5. The van der Waals surface area contributed by atoms with Gasteiger partial charge in [0.25, 0.3) is 10.0 Å². The quantitative estimate of drug-likeness (QED) is 0.288. The molecule has 0 bridgehead atoms. The van der Waals surface area contributed by atoms with Gasteiger partial charge in [0.1, 0.15) is 17.4 Å². The van der Waals surface area contributed by atoms with E-state index in [4.69, 9.17) is 16.0 Å². The SMILES string of the molecule is N#Cc1c(NS(=O)(=O)c2cccc3cccc(Cl)c23)oc(-c2ccccc2)c1-c1ccccc1. The predicted molar refractivity (Wildman–Crippen MR) is 134 cm³/mol. The summed E-state index contributed by atoms with van der Waals surface area (Å²) in [6.45, 7) is 0. The molecule has 1 aromatic heterocycles. The van der Waals surface area contributed by atoms with Crippen molar-refractivity contribution < 1.29 is 12.8 Å². The third kappa shape index (κ3) is 3.81. The largest absolute Gasteiger partial charge is 0.438 e. The molecule has 5 nitrogen and oxygen atoms in total. The van der Waals surface area contributed by atoms with Gasteiger partial charge in [0.05, 0.1) is 4.90 Å². The molecular weight excluding hydrogens is 468 g/mol. The van der Waals surface area contributed by atoms with Gasteiger partial charge in [0, 0.05) is 21.5 Å². The lowest BCUT2D eigenvalue weighted by Gasteiger charge is -2.10. The molecule has 1 heterocycles. The summed E-state index contributed by atoms with van der Waals surface area (Å²) in [6.07, 6.45) is 0. The molecule has 0 aliphatic carbocycles. The number of anilines is 1. The third-order valence-electron chi connectivity index (χ3n) is 5.45. The molecule has 5 rings (SSSR count). The van der Waals surface area contributed by atoms with Crippen molar-refractivity contribution in [3.05, 3.63) is 108 Å². The lowest BCUT2D eigenvalue weighted by Crippen LogP contribution is -2.13.